The Morgan fingerprint density at radius 3 is 2.72 bits per heavy atom. The molecule has 2 rings (SSSR count). The van der Waals surface area contributed by atoms with Gasteiger partial charge in [0, 0.05) is 23.9 Å². The molecule has 0 saturated carbocycles. The highest BCUT2D eigenvalue weighted by Crippen LogP contribution is 2.42. The van der Waals surface area contributed by atoms with E-state index in [0.29, 0.717) is 5.69 Å². The minimum Gasteiger partial charge on any atom is -0.478 e. The number of nitrogens with one attached hydrogen (secondary N) is 1. The van der Waals surface area contributed by atoms with Crippen molar-refractivity contribution in [3.05, 3.63) is 30.4 Å². The Morgan fingerprint density at radius 2 is 2.06 bits per heavy atom. The molecule has 0 unspecified atom stereocenters. The van der Waals surface area contributed by atoms with Crippen molar-refractivity contribution in [2.45, 2.75) is 6.29 Å². The zero-order chi connectivity index (χ0) is 13.3. The maximum atomic E-state index is 12.7. The molecule has 1 aliphatic heterocycles. The third-order valence-electron chi connectivity index (χ3n) is 2.21. The van der Waals surface area contributed by atoms with E-state index in [0.717, 1.165) is 0 Å². The number of carboxylic acids is 1. The number of aliphatic carboxylic acids is 1. The summed E-state index contributed by atoms with van der Waals surface area (Å²) in [6, 6.07) is 4.08. The molecule has 0 fully saturated rings. The summed E-state index contributed by atoms with van der Waals surface area (Å²) in [5, 5.41) is 11.3. The van der Waals surface area contributed by atoms with Crippen molar-refractivity contribution < 1.29 is 28.2 Å². The molecule has 5 nitrogen and oxygen atoms in total. The summed E-state index contributed by atoms with van der Waals surface area (Å²) < 4.78 is 33.9. The molecular formula is C11H9F2NO4. The quantitative estimate of drug-likeness (QED) is 0.808. The van der Waals surface area contributed by atoms with E-state index >= 15 is 0 Å². The first-order valence-corrected chi connectivity index (χ1v) is 4.92. The summed E-state index contributed by atoms with van der Waals surface area (Å²) in [6.45, 7) is 3.32. The fourth-order valence-corrected chi connectivity index (χ4v) is 1.34. The molecule has 0 amide bonds. The van der Waals surface area contributed by atoms with Gasteiger partial charge >= 0.3 is 12.3 Å². The lowest BCUT2D eigenvalue weighted by Crippen LogP contribution is -2.25. The van der Waals surface area contributed by atoms with Crippen LogP contribution in [0, 0.1) is 0 Å². The van der Waals surface area contributed by atoms with Crippen molar-refractivity contribution in [2.75, 3.05) is 11.9 Å². The number of hydrogen-bond acceptors (Lipinski definition) is 4. The molecule has 0 radical (unpaired) electrons. The van der Waals surface area contributed by atoms with E-state index in [2.05, 4.69) is 21.4 Å². The zero-order valence-electron chi connectivity index (χ0n) is 9.07. The van der Waals surface area contributed by atoms with Gasteiger partial charge in [0.15, 0.2) is 11.5 Å². The number of alkyl halides is 2. The van der Waals surface area contributed by atoms with Crippen molar-refractivity contribution in [2.24, 2.45) is 0 Å². The summed E-state index contributed by atoms with van der Waals surface area (Å²) in [6.07, 6.45) is -3.66. The summed E-state index contributed by atoms with van der Waals surface area (Å²) in [5.74, 6) is -1.30. The van der Waals surface area contributed by atoms with Crippen molar-refractivity contribution in [3.63, 3.8) is 0 Å². The average Bonchev–Trinajstić information content (AvgIpc) is 2.58. The highest BCUT2D eigenvalue weighted by atomic mass is 19.3. The number of benzene rings is 1. The number of fused-ring (bicyclic) bond motifs is 1. The van der Waals surface area contributed by atoms with Crippen LogP contribution in [0.4, 0.5) is 14.5 Å². The van der Waals surface area contributed by atoms with Crippen molar-refractivity contribution in [1.82, 2.24) is 0 Å². The number of carboxylic acid groups (broad SMARTS) is 1. The number of rotatable bonds is 4. The predicted molar refractivity (Wildman–Crippen MR) is 57.9 cm³/mol. The second-order valence-corrected chi connectivity index (χ2v) is 3.59. The molecule has 1 heterocycles. The van der Waals surface area contributed by atoms with Crippen LogP contribution in [0.15, 0.2) is 30.4 Å². The topological polar surface area (TPSA) is 67.8 Å². The molecule has 1 aromatic carbocycles. The molecule has 96 valence electrons. The van der Waals surface area contributed by atoms with Crippen LogP contribution in [-0.4, -0.2) is 23.9 Å². The van der Waals surface area contributed by atoms with E-state index in [1.54, 1.807) is 0 Å². The summed E-state index contributed by atoms with van der Waals surface area (Å²) in [5.41, 5.74) is 0.385. The minimum absolute atomic E-state index is 0.00856. The molecule has 1 aromatic rings. The van der Waals surface area contributed by atoms with Crippen molar-refractivity contribution >= 4 is 11.7 Å². The van der Waals surface area contributed by atoms with Gasteiger partial charge in [-0.25, -0.2) is 4.79 Å². The summed E-state index contributed by atoms with van der Waals surface area (Å²) in [7, 11) is 0. The van der Waals surface area contributed by atoms with E-state index < -0.39 is 12.3 Å². The fourth-order valence-electron chi connectivity index (χ4n) is 1.34. The molecule has 0 aliphatic carbocycles. The van der Waals surface area contributed by atoms with Gasteiger partial charge in [-0.2, -0.15) is 0 Å². The minimum atomic E-state index is -3.66. The smallest absolute Gasteiger partial charge is 0.478 e. The molecule has 0 saturated heterocycles. The predicted octanol–water partition coefficient (Wildman–Crippen LogP) is 2.06. The van der Waals surface area contributed by atoms with Crippen LogP contribution in [0.2, 0.25) is 0 Å². The lowest BCUT2D eigenvalue weighted by Gasteiger charge is -2.06. The van der Waals surface area contributed by atoms with E-state index in [4.69, 9.17) is 5.11 Å². The number of halogens is 2. The average molecular weight is 257 g/mol. The van der Waals surface area contributed by atoms with Gasteiger partial charge in [-0.3, -0.25) is 0 Å². The van der Waals surface area contributed by atoms with Crippen LogP contribution in [0.5, 0.6) is 11.5 Å². The second kappa shape index (κ2) is 4.17. The zero-order valence-corrected chi connectivity index (χ0v) is 9.07. The largest absolute Gasteiger partial charge is 0.586 e. The van der Waals surface area contributed by atoms with Crippen LogP contribution in [0.1, 0.15) is 0 Å². The first-order valence-electron chi connectivity index (χ1n) is 4.92. The van der Waals surface area contributed by atoms with E-state index in [-0.39, 0.29) is 23.6 Å². The number of hydrogen-bond donors (Lipinski definition) is 2. The lowest BCUT2D eigenvalue weighted by molar-refractivity contribution is -0.286. The van der Waals surface area contributed by atoms with Gasteiger partial charge in [-0.1, -0.05) is 6.58 Å². The van der Waals surface area contributed by atoms with Gasteiger partial charge in [0.2, 0.25) is 0 Å². The highest BCUT2D eigenvalue weighted by molar-refractivity contribution is 5.86. The first kappa shape index (κ1) is 12.2. The molecule has 18 heavy (non-hydrogen) atoms. The third kappa shape index (κ3) is 2.50. The van der Waals surface area contributed by atoms with Gasteiger partial charge in [0.1, 0.15) is 0 Å². The summed E-state index contributed by atoms with van der Waals surface area (Å²) >= 11 is 0. The van der Waals surface area contributed by atoms with Crippen LogP contribution < -0.4 is 14.8 Å². The second-order valence-electron chi connectivity index (χ2n) is 3.59. The standard InChI is InChI=1S/C11H9F2NO4/c1-6(10(15)16)5-14-7-2-3-8-9(4-7)18-11(12,13)17-8/h2-4,14H,1,5H2,(H,15,16). The molecule has 1 aliphatic rings. The van der Waals surface area contributed by atoms with Crippen LogP contribution in [0.3, 0.4) is 0 Å². The Kier molecular flexibility index (Phi) is 2.82. The lowest BCUT2D eigenvalue weighted by atomic mass is 10.2. The number of anilines is 1. The van der Waals surface area contributed by atoms with Crippen LogP contribution in [0.25, 0.3) is 0 Å². The van der Waals surface area contributed by atoms with E-state index in [1.165, 1.54) is 18.2 Å². The Morgan fingerprint density at radius 1 is 1.39 bits per heavy atom. The van der Waals surface area contributed by atoms with Gasteiger partial charge in [0.25, 0.3) is 0 Å². The highest BCUT2D eigenvalue weighted by Gasteiger charge is 2.43. The van der Waals surface area contributed by atoms with E-state index in [1.807, 2.05) is 0 Å². The van der Waals surface area contributed by atoms with Crippen molar-refractivity contribution in [1.29, 1.82) is 0 Å². The fraction of sp³-hybridized carbons (Fsp3) is 0.182. The SMILES string of the molecule is C=C(CNc1ccc2c(c1)OC(F)(F)O2)C(=O)O. The number of ether oxygens (including phenoxy) is 2. The van der Waals surface area contributed by atoms with Crippen LogP contribution in [-0.2, 0) is 4.79 Å². The van der Waals surface area contributed by atoms with Gasteiger partial charge in [-0.15, -0.1) is 8.78 Å². The van der Waals surface area contributed by atoms with Gasteiger partial charge in [0.05, 0.1) is 0 Å². The third-order valence-corrected chi connectivity index (χ3v) is 2.21. The maximum absolute atomic E-state index is 12.7. The van der Waals surface area contributed by atoms with Crippen molar-refractivity contribution in [3.8, 4) is 11.5 Å². The van der Waals surface area contributed by atoms with Crippen LogP contribution >= 0.6 is 0 Å². The molecule has 0 bridgehead atoms. The molecule has 0 aromatic heterocycles. The van der Waals surface area contributed by atoms with Gasteiger partial charge in [-0.05, 0) is 12.1 Å². The molecule has 0 atom stereocenters. The first-order chi connectivity index (χ1) is 8.37. The Bertz CT molecular complexity index is 516. The molecular weight excluding hydrogens is 248 g/mol. The molecule has 0 spiro atoms. The number of carbonyl (C=O) groups is 1. The Labute approximate surface area is 101 Å². The normalized spacial score (nSPS) is 15.2. The maximum Gasteiger partial charge on any atom is 0.586 e. The Balaban J connectivity index is 2.05. The molecule has 7 heteroatoms. The van der Waals surface area contributed by atoms with E-state index in [9.17, 15) is 13.6 Å². The monoisotopic (exact) mass is 257 g/mol. The molecule has 2 N–H and O–H groups in total. The summed E-state index contributed by atoms with van der Waals surface area (Å²) in [4.78, 5) is 10.5. The Hall–Kier alpha value is -2.31. The van der Waals surface area contributed by atoms with Gasteiger partial charge < -0.3 is 19.9 Å².